The summed E-state index contributed by atoms with van der Waals surface area (Å²) in [6.07, 6.45) is 1.77. The Morgan fingerprint density at radius 1 is 1.83 bits per heavy atom. The Morgan fingerprint density at radius 3 is 2.92 bits per heavy atom. The van der Waals surface area contributed by atoms with Crippen LogP contribution in [0.1, 0.15) is 6.42 Å². The number of aliphatic hydroxyl groups excluding tert-OH is 1. The standard InChI is InChI=1S/C8H15NO3/c1-3-4-8(11)9-7(5-10)6-12-2/h3,7,10H,1,4-6H2,2H3,(H,9,11). The maximum atomic E-state index is 10.9. The van der Waals surface area contributed by atoms with Gasteiger partial charge in [0.05, 0.1) is 19.3 Å². The first-order valence-corrected chi connectivity index (χ1v) is 3.74. The van der Waals surface area contributed by atoms with E-state index in [9.17, 15) is 4.79 Å². The number of nitrogens with one attached hydrogen (secondary N) is 1. The van der Waals surface area contributed by atoms with Crippen molar-refractivity contribution >= 4 is 5.91 Å². The fourth-order valence-electron chi connectivity index (χ4n) is 0.759. The van der Waals surface area contributed by atoms with E-state index >= 15 is 0 Å². The molecular weight excluding hydrogens is 158 g/mol. The van der Waals surface area contributed by atoms with Gasteiger partial charge in [0.2, 0.25) is 5.91 Å². The molecule has 1 atom stereocenters. The number of carbonyl (C=O) groups is 1. The van der Waals surface area contributed by atoms with E-state index in [0.717, 1.165) is 0 Å². The monoisotopic (exact) mass is 173 g/mol. The van der Waals surface area contributed by atoms with Crippen LogP contribution in [0.15, 0.2) is 12.7 Å². The molecular formula is C8H15NO3. The molecule has 4 heteroatoms. The Balaban J connectivity index is 3.68. The van der Waals surface area contributed by atoms with Gasteiger partial charge in [0, 0.05) is 13.5 Å². The highest BCUT2D eigenvalue weighted by Crippen LogP contribution is 1.86. The van der Waals surface area contributed by atoms with Gasteiger partial charge < -0.3 is 15.2 Å². The lowest BCUT2D eigenvalue weighted by Crippen LogP contribution is -2.40. The Labute approximate surface area is 72.2 Å². The van der Waals surface area contributed by atoms with Gasteiger partial charge in [0.25, 0.3) is 0 Å². The minimum Gasteiger partial charge on any atom is -0.394 e. The molecule has 0 aliphatic heterocycles. The van der Waals surface area contributed by atoms with Gasteiger partial charge in [-0.2, -0.15) is 0 Å². The van der Waals surface area contributed by atoms with Crippen molar-refractivity contribution < 1.29 is 14.6 Å². The van der Waals surface area contributed by atoms with Gasteiger partial charge in [-0.25, -0.2) is 0 Å². The van der Waals surface area contributed by atoms with Crippen LogP contribution in [0.2, 0.25) is 0 Å². The number of rotatable bonds is 6. The fourth-order valence-corrected chi connectivity index (χ4v) is 0.759. The minimum atomic E-state index is -0.317. The summed E-state index contributed by atoms with van der Waals surface area (Å²) in [6.45, 7) is 3.63. The Hall–Kier alpha value is -0.870. The van der Waals surface area contributed by atoms with Crippen molar-refractivity contribution in [1.29, 1.82) is 0 Å². The topological polar surface area (TPSA) is 58.6 Å². The molecule has 0 aliphatic rings. The largest absolute Gasteiger partial charge is 0.394 e. The van der Waals surface area contributed by atoms with E-state index in [0.29, 0.717) is 6.61 Å². The third-order valence-electron chi connectivity index (χ3n) is 1.28. The van der Waals surface area contributed by atoms with Crippen LogP contribution in [-0.2, 0) is 9.53 Å². The Bertz CT molecular complexity index is 147. The maximum Gasteiger partial charge on any atom is 0.224 e. The van der Waals surface area contributed by atoms with Crippen molar-refractivity contribution in [2.75, 3.05) is 20.3 Å². The predicted octanol–water partition coefficient (Wildman–Crippen LogP) is -0.314. The van der Waals surface area contributed by atoms with E-state index in [1.54, 1.807) is 0 Å². The molecule has 0 saturated carbocycles. The molecule has 0 aromatic heterocycles. The molecule has 0 aromatic rings. The van der Waals surface area contributed by atoms with Crippen molar-refractivity contribution in [3.63, 3.8) is 0 Å². The lowest BCUT2D eigenvalue weighted by atomic mass is 10.3. The van der Waals surface area contributed by atoms with Gasteiger partial charge in [-0.15, -0.1) is 6.58 Å². The zero-order chi connectivity index (χ0) is 9.40. The Morgan fingerprint density at radius 2 is 2.50 bits per heavy atom. The van der Waals surface area contributed by atoms with E-state index in [4.69, 9.17) is 9.84 Å². The van der Waals surface area contributed by atoms with E-state index in [2.05, 4.69) is 11.9 Å². The number of hydrogen-bond acceptors (Lipinski definition) is 3. The van der Waals surface area contributed by atoms with Crippen LogP contribution in [-0.4, -0.2) is 37.4 Å². The van der Waals surface area contributed by atoms with Crippen LogP contribution in [0.3, 0.4) is 0 Å². The zero-order valence-corrected chi connectivity index (χ0v) is 7.25. The van der Waals surface area contributed by atoms with Crippen molar-refractivity contribution in [2.24, 2.45) is 0 Å². The summed E-state index contributed by atoms with van der Waals surface area (Å²) >= 11 is 0. The van der Waals surface area contributed by atoms with Crippen molar-refractivity contribution in [3.8, 4) is 0 Å². The summed E-state index contributed by atoms with van der Waals surface area (Å²) < 4.78 is 4.77. The first kappa shape index (κ1) is 11.1. The second kappa shape index (κ2) is 6.82. The molecule has 0 rings (SSSR count). The van der Waals surface area contributed by atoms with E-state index in [1.807, 2.05) is 0 Å². The van der Waals surface area contributed by atoms with Gasteiger partial charge in [-0.3, -0.25) is 4.79 Å². The lowest BCUT2D eigenvalue weighted by Gasteiger charge is -2.14. The minimum absolute atomic E-state index is 0.114. The van der Waals surface area contributed by atoms with Crippen LogP contribution in [0.5, 0.6) is 0 Å². The predicted molar refractivity (Wildman–Crippen MR) is 45.7 cm³/mol. The van der Waals surface area contributed by atoms with Crippen LogP contribution < -0.4 is 5.32 Å². The third kappa shape index (κ3) is 4.87. The van der Waals surface area contributed by atoms with Crippen LogP contribution in [0, 0.1) is 0 Å². The second-order valence-corrected chi connectivity index (χ2v) is 2.40. The lowest BCUT2D eigenvalue weighted by molar-refractivity contribution is -0.121. The van der Waals surface area contributed by atoms with E-state index in [1.165, 1.54) is 13.2 Å². The van der Waals surface area contributed by atoms with Gasteiger partial charge in [0.15, 0.2) is 0 Å². The summed E-state index contributed by atoms with van der Waals surface area (Å²) in [7, 11) is 1.52. The quantitative estimate of drug-likeness (QED) is 0.541. The number of hydrogen-bond donors (Lipinski definition) is 2. The number of amides is 1. The zero-order valence-electron chi connectivity index (χ0n) is 7.25. The highest BCUT2D eigenvalue weighted by molar-refractivity contribution is 5.77. The van der Waals surface area contributed by atoms with Gasteiger partial charge in [-0.1, -0.05) is 6.08 Å². The average molecular weight is 173 g/mol. The SMILES string of the molecule is C=CCC(=O)NC(CO)COC. The summed E-state index contributed by atoms with van der Waals surface area (Å²) in [5.41, 5.74) is 0. The Kier molecular flexibility index (Phi) is 6.32. The first-order chi connectivity index (χ1) is 5.74. The summed E-state index contributed by atoms with van der Waals surface area (Å²) in [4.78, 5) is 10.9. The van der Waals surface area contributed by atoms with Crippen molar-refractivity contribution in [1.82, 2.24) is 5.32 Å². The summed E-state index contributed by atoms with van der Waals surface area (Å²) in [5, 5.41) is 11.3. The third-order valence-corrected chi connectivity index (χ3v) is 1.28. The number of methoxy groups -OCH3 is 1. The fraction of sp³-hybridized carbons (Fsp3) is 0.625. The van der Waals surface area contributed by atoms with Crippen LogP contribution in [0.25, 0.3) is 0 Å². The highest BCUT2D eigenvalue weighted by atomic mass is 16.5. The van der Waals surface area contributed by atoms with Gasteiger partial charge in [0.1, 0.15) is 0 Å². The highest BCUT2D eigenvalue weighted by Gasteiger charge is 2.08. The molecule has 0 aliphatic carbocycles. The molecule has 70 valence electrons. The molecule has 0 heterocycles. The second-order valence-electron chi connectivity index (χ2n) is 2.40. The summed E-state index contributed by atoms with van der Waals surface area (Å²) in [5.74, 6) is -0.152. The van der Waals surface area contributed by atoms with Crippen LogP contribution in [0.4, 0.5) is 0 Å². The molecule has 4 nitrogen and oxygen atoms in total. The molecule has 12 heavy (non-hydrogen) atoms. The molecule has 0 bridgehead atoms. The average Bonchev–Trinajstić information content (AvgIpc) is 2.04. The number of ether oxygens (including phenoxy) is 1. The van der Waals surface area contributed by atoms with Crippen LogP contribution >= 0.6 is 0 Å². The normalized spacial score (nSPS) is 12.2. The molecule has 0 spiro atoms. The van der Waals surface area contributed by atoms with E-state index < -0.39 is 0 Å². The molecule has 1 unspecified atom stereocenters. The number of carbonyl (C=O) groups excluding carboxylic acids is 1. The molecule has 1 amide bonds. The molecule has 0 aromatic carbocycles. The molecule has 0 radical (unpaired) electrons. The van der Waals surface area contributed by atoms with Gasteiger partial charge >= 0.3 is 0 Å². The van der Waals surface area contributed by atoms with Crippen molar-refractivity contribution in [3.05, 3.63) is 12.7 Å². The summed E-state index contributed by atoms with van der Waals surface area (Å²) in [6, 6.07) is -0.317. The van der Waals surface area contributed by atoms with Crippen molar-refractivity contribution in [2.45, 2.75) is 12.5 Å². The molecule has 0 fully saturated rings. The number of aliphatic hydroxyl groups is 1. The van der Waals surface area contributed by atoms with E-state index in [-0.39, 0.29) is 25.0 Å². The molecule has 0 saturated heterocycles. The van der Waals surface area contributed by atoms with Gasteiger partial charge in [-0.05, 0) is 0 Å². The molecule has 2 N–H and O–H groups in total. The first-order valence-electron chi connectivity index (χ1n) is 3.74. The smallest absolute Gasteiger partial charge is 0.224 e. The maximum absolute atomic E-state index is 10.9.